The summed E-state index contributed by atoms with van der Waals surface area (Å²) in [6.45, 7) is 2.63. The van der Waals surface area contributed by atoms with Crippen LogP contribution in [0, 0.1) is 0 Å². The predicted octanol–water partition coefficient (Wildman–Crippen LogP) is 2.00. The van der Waals surface area contributed by atoms with Crippen molar-refractivity contribution in [3.05, 3.63) is 41.8 Å². The summed E-state index contributed by atoms with van der Waals surface area (Å²) in [5, 5.41) is 11.1. The zero-order valence-corrected chi connectivity index (χ0v) is 11.2. The van der Waals surface area contributed by atoms with Gasteiger partial charge in [0.25, 0.3) is 0 Å². The third-order valence-electron chi connectivity index (χ3n) is 2.90. The summed E-state index contributed by atoms with van der Waals surface area (Å²) < 4.78 is 5.43. The molecule has 5 heteroatoms. The van der Waals surface area contributed by atoms with E-state index in [9.17, 15) is 0 Å². The molecule has 0 aliphatic rings. The van der Waals surface area contributed by atoms with Gasteiger partial charge in [0.15, 0.2) is 0 Å². The van der Waals surface area contributed by atoms with Gasteiger partial charge in [0.05, 0.1) is 0 Å². The lowest BCUT2D eigenvalue weighted by atomic mass is 10.1. The molecule has 19 heavy (non-hydrogen) atoms. The van der Waals surface area contributed by atoms with Gasteiger partial charge >= 0.3 is 6.01 Å². The average molecular weight is 260 g/mol. The maximum Gasteiger partial charge on any atom is 0.315 e. The molecule has 0 amide bonds. The molecule has 1 aromatic carbocycles. The second-order valence-electron chi connectivity index (χ2n) is 4.61. The number of hydrogen-bond acceptors (Lipinski definition) is 5. The Balaban J connectivity index is 1.78. The molecular weight excluding hydrogens is 240 g/mol. The highest BCUT2D eigenvalue weighted by Crippen LogP contribution is 2.11. The first-order chi connectivity index (χ1) is 9.28. The largest absolute Gasteiger partial charge is 0.408 e. The Labute approximate surface area is 113 Å². The van der Waals surface area contributed by atoms with Crippen molar-refractivity contribution >= 4 is 6.01 Å². The number of aryl methyl sites for hydroxylation is 1. The molecule has 0 spiro atoms. The second kappa shape index (κ2) is 6.89. The standard InChI is InChI=1S/C14H20N4O/c1-11(7-8-12-5-3-2-4-6-12)16-14-18-17-13(19-14)9-10-15/h2-6,11H,7-10,15H2,1H3,(H,16,18). The van der Waals surface area contributed by atoms with E-state index in [1.54, 1.807) is 0 Å². The summed E-state index contributed by atoms with van der Waals surface area (Å²) in [7, 11) is 0. The fraction of sp³-hybridized carbons (Fsp3) is 0.429. The van der Waals surface area contributed by atoms with Crippen LogP contribution in [0.3, 0.4) is 0 Å². The van der Waals surface area contributed by atoms with Gasteiger partial charge in [-0.3, -0.25) is 0 Å². The lowest BCUT2D eigenvalue weighted by Gasteiger charge is -2.11. The molecular formula is C14H20N4O. The van der Waals surface area contributed by atoms with Crippen LogP contribution in [0.1, 0.15) is 24.8 Å². The van der Waals surface area contributed by atoms with Crippen molar-refractivity contribution in [2.24, 2.45) is 5.73 Å². The average Bonchev–Trinajstić information content (AvgIpc) is 2.85. The highest BCUT2D eigenvalue weighted by atomic mass is 16.4. The Morgan fingerprint density at radius 2 is 2.00 bits per heavy atom. The highest BCUT2D eigenvalue weighted by Gasteiger charge is 2.08. The minimum atomic E-state index is 0.284. The number of hydrogen-bond donors (Lipinski definition) is 2. The zero-order valence-electron chi connectivity index (χ0n) is 11.2. The van der Waals surface area contributed by atoms with Gasteiger partial charge in [-0.05, 0) is 25.3 Å². The Kier molecular flexibility index (Phi) is 4.92. The maximum atomic E-state index is 5.43. The minimum Gasteiger partial charge on any atom is -0.408 e. The molecule has 0 fully saturated rings. The Hall–Kier alpha value is -1.88. The van der Waals surface area contributed by atoms with Crippen LogP contribution >= 0.6 is 0 Å². The number of nitrogens with zero attached hydrogens (tertiary/aromatic N) is 2. The Morgan fingerprint density at radius 1 is 1.21 bits per heavy atom. The van der Waals surface area contributed by atoms with Gasteiger partial charge in [-0.1, -0.05) is 35.4 Å². The van der Waals surface area contributed by atoms with Crippen LogP contribution in [0.2, 0.25) is 0 Å². The molecule has 1 heterocycles. The van der Waals surface area contributed by atoms with Crippen LogP contribution < -0.4 is 11.1 Å². The summed E-state index contributed by atoms with van der Waals surface area (Å²) in [5.74, 6) is 0.584. The molecule has 2 rings (SSSR count). The smallest absolute Gasteiger partial charge is 0.315 e. The summed E-state index contributed by atoms with van der Waals surface area (Å²) >= 11 is 0. The van der Waals surface area contributed by atoms with Crippen LogP contribution in [-0.2, 0) is 12.8 Å². The van der Waals surface area contributed by atoms with E-state index < -0.39 is 0 Å². The van der Waals surface area contributed by atoms with Crippen molar-refractivity contribution in [2.75, 3.05) is 11.9 Å². The third kappa shape index (κ3) is 4.37. The molecule has 0 saturated heterocycles. The first-order valence-corrected chi connectivity index (χ1v) is 6.61. The van der Waals surface area contributed by atoms with Crippen LogP contribution in [0.4, 0.5) is 6.01 Å². The number of aromatic nitrogens is 2. The van der Waals surface area contributed by atoms with E-state index in [0.29, 0.717) is 24.9 Å². The lowest BCUT2D eigenvalue weighted by Crippen LogP contribution is -2.16. The number of nitrogens with two attached hydrogens (primary N) is 1. The third-order valence-corrected chi connectivity index (χ3v) is 2.90. The van der Waals surface area contributed by atoms with Crippen molar-refractivity contribution in [1.29, 1.82) is 0 Å². The fourth-order valence-corrected chi connectivity index (χ4v) is 1.85. The van der Waals surface area contributed by atoms with Crippen molar-refractivity contribution < 1.29 is 4.42 Å². The summed E-state index contributed by atoms with van der Waals surface area (Å²) in [6, 6.07) is 11.2. The Morgan fingerprint density at radius 3 is 2.74 bits per heavy atom. The molecule has 0 aliphatic carbocycles. The molecule has 5 nitrogen and oxygen atoms in total. The van der Waals surface area contributed by atoms with Crippen LogP contribution in [0.15, 0.2) is 34.7 Å². The molecule has 1 unspecified atom stereocenters. The zero-order chi connectivity index (χ0) is 13.5. The van der Waals surface area contributed by atoms with Gasteiger partial charge in [0.2, 0.25) is 5.89 Å². The molecule has 3 N–H and O–H groups in total. The number of nitrogens with one attached hydrogen (secondary N) is 1. The van der Waals surface area contributed by atoms with Crippen molar-refractivity contribution in [1.82, 2.24) is 10.2 Å². The van der Waals surface area contributed by atoms with Crippen LogP contribution in [0.25, 0.3) is 0 Å². The van der Waals surface area contributed by atoms with E-state index in [0.717, 1.165) is 12.8 Å². The minimum absolute atomic E-state index is 0.284. The van der Waals surface area contributed by atoms with Gasteiger partial charge in [0.1, 0.15) is 0 Å². The summed E-state index contributed by atoms with van der Waals surface area (Å²) in [5.41, 5.74) is 6.77. The van der Waals surface area contributed by atoms with Crippen LogP contribution in [-0.4, -0.2) is 22.8 Å². The normalized spacial score (nSPS) is 12.3. The molecule has 102 valence electrons. The molecule has 0 bridgehead atoms. The Bertz CT molecular complexity index is 483. The topological polar surface area (TPSA) is 77.0 Å². The van der Waals surface area contributed by atoms with E-state index in [2.05, 4.69) is 46.7 Å². The lowest BCUT2D eigenvalue weighted by molar-refractivity contribution is 0.498. The second-order valence-corrected chi connectivity index (χ2v) is 4.61. The highest BCUT2D eigenvalue weighted by molar-refractivity contribution is 5.20. The van der Waals surface area contributed by atoms with Gasteiger partial charge < -0.3 is 15.5 Å². The maximum absolute atomic E-state index is 5.43. The van der Waals surface area contributed by atoms with Gasteiger partial charge in [-0.25, -0.2) is 0 Å². The van der Waals surface area contributed by atoms with Crippen molar-refractivity contribution in [3.63, 3.8) is 0 Å². The van der Waals surface area contributed by atoms with Gasteiger partial charge in [0, 0.05) is 19.0 Å². The SMILES string of the molecule is CC(CCc1ccccc1)Nc1nnc(CCN)o1. The first kappa shape index (κ1) is 13.5. The van der Waals surface area contributed by atoms with E-state index in [1.165, 1.54) is 5.56 Å². The number of anilines is 1. The van der Waals surface area contributed by atoms with E-state index >= 15 is 0 Å². The quantitative estimate of drug-likeness (QED) is 0.796. The summed E-state index contributed by atoms with van der Waals surface area (Å²) in [6.07, 6.45) is 2.66. The summed E-state index contributed by atoms with van der Waals surface area (Å²) in [4.78, 5) is 0. The molecule has 1 atom stereocenters. The molecule has 0 aliphatic heterocycles. The molecule has 0 radical (unpaired) electrons. The van der Waals surface area contributed by atoms with E-state index in [1.807, 2.05) is 6.07 Å². The fourth-order valence-electron chi connectivity index (χ4n) is 1.85. The van der Waals surface area contributed by atoms with Crippen molar-refractivity contribution in [3.8, 4) is 0 Å². The van der Waals surface area contributed by atoms with Crippen molar-refractivity contribution in [2.45, 2.75) is 32.2 Å². The van der Waals surface area contributed by atoms with E-state index in [4.69, 9.17) is 10.2 Å². The molecule has 2 aromatic rings. The number of rotatable bonds is 7. The molecule has 1 aromatic heterocycles. The van der Waals surface area contributed by atoms with Gasteiger partial charge in [-0.15, -0.1) is 5.10 Å². The van der Waals surface area contributed by atoms with Gasteiger partial charge in [-0.2, -0.15) is 0 Å². The van der Waals surface area contributed by atoms with Crippen LogP contribution in [0.5, 0.6) is 0 Å². The molecule has 0 saturated carbocycles. The first-order valence-electron chi connectivity index (χ1n) is 6.61. The van der Waals surface area contributed by atoms with E-state index in [-0.39, 0.29) is 6.04 Å². The predicted molar refractivity (Wildman–Crippen MR) is 74.9 cm³/mol. The number of benzene rings is 1. The monoisotopic (exact) mass is 260 g/mol.